The van der Waals surface area contributed by atoms with Crippen LogP contribution in [-0.4, -0.2) is 19.2 Å². The van der Waals surface area contributed by atoms with Gasteiger partial charge in [-0.05, 0) is 17.7 Å². The van der Waals surface area contributed by atoms with Gasteiger partial charge in [-0.15, -0.1) is 0 Å². The second-order valence-electron chi connectivity index (χ2n) is 4.54. The molecule has 3 rings (SSSR count). The van der Waals surface area contributed by atoms with E-state index >= 15 is 0 Å². The molecule has 0 atom stereocenters. The zero-order chi connectivity index (χ0) is 15.0. The number of aromatic nitrogens is 1. The molecule has 0 unspecified atom stereocenters. The SMILES string of the molecule is COc1cc(OC)cc(-c2cncc3oc(N)c(N)c23)c1. The highest BCUT2D eigenvalue weighted by molar-refractivity contribution is 6.05. The number of rotatable bonds is 3. The predicted octanol–water partition coefficient (Wildman–Crippen LogP) is 2.68. The van der Waals surface area contributed by atoms with Gasteiger partial charge in [0.05, 0.1) is 25.8 Å². The Bertz CT molecular complexity index is 789. The summed E-state index contributed by atoms with van der Waals surface area (Å²) in [5.41, 5.74) is 14.4. The predicted molar refractivity (Wildman–Crippen MR) is 81.4 cm³/mol. The van der Waals surface area contributed by atoms with Gasteiger partial charge in [-0.25, -0.2) is 0 Å². The number of hydrogen-bond acceptors (Lipinski definition) is 6. The van der Waals surface area contributed by atoms with Gasteiger partial charge in [0.25, 0.3) is 0 Å². The molecule has 2 aromatic heterocycles. The van der Waals surface area contributed by atoms with E-state index in [2.05, 4.69) is 4.98 Å². The number of fused-ring (bicyclic) bond motifs is 1. The van der Waals surface area contributed by atoms with Crippen LogP contribution in [0.3, 0.4) is 0 Å². The van der Waals surface area contributed by atoms with E-state index in [4.69, 9.17) is 25.4 Å². The Balaban J connectivity index is 2.29. The molecule has 0 radical (unpaired) electrons. The lowest BCUT2D eigenvalue weighted by molar-refractivity contribution is 0.394. The lowest BCUT2D eigenvalue weighted by atomic mass is 10.0. The molecular weight excluding hydrogens is 270 g/mol. The maximum absolute atomic E-state index is 6.01. The average molecular weight is 285 g/mol. The number of ether oxygens (including phenoxy) is 2. The fraction of sp³-hybridized carbons (Fsp3) is 0.133. The monoisotopic (exact) mass is 285 g/mol. The Kier molecular flexibility index (Phi) is 3.06. The Labute approximate surface area is 121 Å². The van der Waals surface area contributed by atoms with Crippen LogP contribution in [0.15, 0.2) is 35.0 Å². The van der Waals surface area contributed by atoms with Gasteiger partial charge in [0.15, 0.2) is 5.58 Å². The smallest absolute Gasteiger partial charge is 0.214 e. The minimum absolute atomic E-state index is 0.189. The average Bonchev–Trinajstić information content (AvgIpc) is 2.81. The zero-order valence-electron chi connectivity index (χ0n) is 11.7. The van der Waals surface area contributed by atoms with Gasteiger partial charge in [0, 0.05) is 17.8 Å². The number of nitrogens with two attached hydrogens (primary N) is 2. The molecule has 0 aliphatic rings. The van der Waals surface area contributed by atoms with E-state index in [0.717, 1.165) is 16.5 Å². The molecule has 0 spiro atoms. The lowest BCUT2D eigenvalue weighted by Crippen LogP contribution is -1.92. The maximum atomic E-state index is 6.01. The summed E-state index contributed by atoms with van der Waals surface area (Å²) in [7, 11) is 3.20. The quantitative estimate of drug-likeness (QED) is 0.768. The van der Waals surface area contributed by atoms with E-state index in [1.165, 1.54) is 0 Å². The molecule has 1 aromatic carbocycles. The van der Waals surface area contributed by atoms with Crippen LogP contribution in [0.25, 0.3) is 22.1 Å². The summed E-state index contributed by atoms with van der Waals surface area (Å²) >= 11 is 0. The second kappa shape index (κ2) is 4.90. The minimum Gasteiger partial charge on any atom is -0.497 e. The normalized spacial score (nSPS) is 10.8. The highest BCUT2D eigenvalue weighted by atomic mass is 16.5. The number of methoxy groups -OCH3 is 2. The van der Waals surface area contributed by atoms with Crippen molar-refractivity contribution in [2.45, 2.75) is 0 Å². The van der Waals surface area contributed by atoms with Crippen LogP contribution >= 0.6 is 0 Å². The summed E-state index contributed by atoms with van der Waals surface area (Å²) in [6.45, 7) is 0. The van der Waals surface area contributed by atoms with Crippen LogP contribution in [0.1, 0.15) is 0 Å². The molecule has 0 bridgehead atoms. The summed E-state index contributed by atoms with van der Waals surface area (Å²) in [5, 5.41) is 0.734. The largest absolute Gasteiger partial charge is 0.497 e. The third-order valence-corrected chi connectivity index (χ3v) is 3.33. The van der Waals surface area contributed by atoms with Crippen molar-refractivity contribution in [3.05, 3.63) is 30.6 Å². The molecule has 0 amide bonds. The molecule has 0 fully saturated rings. The molecule has 108 valence electrons. The van der Waals surface area contributed by atoms with Crippen molar-refractivity contribution in [2.75, 3.05) is 25.7 Å². The third kappa shape index (κ3) is 2.10. The number of furan rings is 1. The van der Waals surface area contributed by atoms with E-state index in [1.807, 2.05) is 12.1 Å². The molecule has 0 saturated heterocycles. The standard InChI is InChI=1S/C15H15N3O3/c1-19-9-3-8(4-10(5-9)20-2)11-6-18-7-12-13(11)14(16)15(17)21-12/h3-7H,16-17H2,1-2H3. The van der Waals surface area contributed by atoms with Gasteiger partial charge in [-0.1, -0.05) is 0 Å². The molecule has 4 N–H and O–H groups in total. The first kappa shape index (κ1) is 13.1. The molecule has 3 aromatic rings. The zero-order valence-corrected chi connectivity index (χ0v) is 11.7. The van der Waals surface area contributed by atoms with Crippen molar-refractivity contribution in [2.24, 2.45) is 0 Å². The van der Waals surface area contributed by atoms with Gasteiger partial charge in [0.2, 0.25) is 5.88 Å². The van der Waals surface area contributed by atoms with Crippen molar-refractivity contribution in [1.29, 1.82) is 0 Å². The molecule has 6 heteroatoms. The van der Waals surface area contributed by atoms with E-state index in [0.29, 0.717) is 22.8 Å². The van der Waals surface area contributed by atoms with Crippen molar-refractivity contribution < 1.29 is 13.9 Å². The van der Waals surface area contributed by atoms with E-state index < -0.39 is 0 Å². The van der Waals surface area contributed by atoms with Crippen LogP contribution in [0, 0.1) is 0 Å². The number of benzene rings is 1. The number of nitrogens with zero attached hydrogens (tertiary/aromatic N) is 1. The van der Waals surface area contributed by atoms with Crippen LogP contribution in [0.4, 0.5) is 11.6 Å². The van der Waals surface area contributed by atoms with E-state index in [9.17, 15) is 0 Å². The number of anilines is 2. The molecular formula is C15H15N3O3. The van der Waals surface area contributed by atoms with Crippen LogP contribution in [0.5, 0.6) is 11.5 Å². The fourth-order valence-corrected chi connectivity index (χ4v) is 2.27. The molecule has 0 aliphatic heterocycles. The number of hydrogen-bond donors (Lipinski definition) is 2. The molecule has 6 nitrogen and oxygen atoms in total. The second-order valence-corrected chi connectivity index (χ2v) is 4.54. The van der Waals surface area contributed by atoms with Gasteiger partial charge in [-0.2, -0.15) is 0 Å². The van der Waals surface area contributed by atoms with Crippen LogP contribution in [-0.2, 0) is 0 Å². The van der Waals surface area contributed by atoms with Gasteiger partial charge in [0.1, 0.15) is 17.2 Å². The van der Waals surface area contributed by atoms with Crippen molar-refractivity contribution >= 4 is 22.5 Å². The van der Waals surface area contributed by atoms with Crippen LogP contribution < -0.4 is 20.9 Å². The summed E-state index contributed by atoms with van der Waals surface area (Å²) in [4.78, 5) is 4.17. The molecule has 2 heterocycles. The Morgan fingerprint density at radius 3 is 2.29 bits per heavy atom. The first-order valence-corrected chi connectivity index (χ1v) is 6.29. The van der Waals surface area contributed by atoms with Gasteiger partial charge < -0.3 is 25.4 Å². The maximum Gasteiger partial charge on any atom is 0.214 e. The third-order valence-electron chi connectivity index (χ3n) is 3.33. The fourth-order valence-electron chi connectivity index (χ4n) is 2.27. The molecule has 0 saturated carbocycles. The Morgan fingerprint density at radius 1 is 1.00 bits per heavy atom. The first-order valence-electron chi connectivity index (χ1n) is 6.29. The summed E-state index contributed by atoms with van der Waals surface area (Å²) in [6, 6.07) is 5.55. The van der Waals surface area contributed by atoms with Crippen molar-refractivity contribution in [1.82, 2.24) is 4.98 Å². The Hall–Kier alpha value is -2.89. The topological polar surface area (TPSA) is 96.5 Å². The highest BCUT2D eigenvalue weighted by Gasteiger charge is 2.15. The first-order chi connectivity index (χ1) is 10.1. The lowest BCUT2D eigenvalue weighted by Gasteiger charge is -2.09. The minimum atomic E-state index is 0.189. The van der Waals surface area contributed by atoms with E-state index in [1.54, 1.807) is 32.7 Å². The molecule has 21 heavy (non-hydrogen) atoms. The summed E-state index contributed by atoms with van der Waals surface area (Å²) in [6.07, 6.45) is 3.30. The van der Waals surface area contributed by atoms with Crippen molar-refractivity contribution in [3.63, 3.8) is 0 Å². The highest BCUT2D eigenvalue weighted by Crippen LogP contribution is 2.39. The Morgan fingerprint density at radius 2 is 1.67 bits per heavy atom. The van der Waals surface area contributed by atoms with Crippen LogP contribution in [0.2, 0.25) is 0 Å². The summed E-state index contributed by atoms with van der Waals surface area (Å²) in [5.74, 6) is 1.54. The summed E-state index contributed by atoms with van der Waals surface area (Å²) < 4.78 is 16.0. The van der Waals surface area contributed by atoms with Crippen molar-refractivity contribution in [3.8, 4) is 22.6 Å². The number of nitrogen functional groups attached to an aromatic ring is 2. The van der Waals surface area contributed by atoms with E-state index in [-0.39, 0.29) is 5.88 Å². The number of pyridine rings is 1. The molecule has 0 aliphatic carbocycles. The van der Waals surface area contributed by atoms with Gasteiger partial charge in [-0.3, -0.25) is 4.98 Å². The van der Waals surface area contributed by atoms with Gasteiger partial charge >= 0.3 is 0 Å².